The number of allylic oxidation sites excluding steroid dienone is 10. The van der Waals surface area contributed by atoms with E-state index in [9.17, 15) is 14.4 Å². The quantitative estimate of drug-likeness (QED) is 0.0263. The monoisotopic (exact) mass is 839 g/mol. The molecule has 0 amide bonds. The molecule has 0 rings (SSSR count). The van der Waals surface area contributed by atoms with Crippen LogP contribution in [0.1, 0.15) is 245 Å². The molecular formula is C54H94O6. The highest BCUT2D eigenvalue weighted by molar-refractivity contribution is 5.71. The van der Waals surface area contributed by atoms with Crippen molar-refractivity contribution >= 4 is 17.9 Å². The van der Waals surface area contributed by atoms with E-state index in [-0.39, 0.29) is 31.1 Å². The SMILES string of the molecule is CCC/C=C\C/C=C\CCCCCCCC(=O)OC(COC(=O)CCCCCCCC)COC(=O)CCCCCCCCCC/C=C\C/C=C\C/C=C\CCCCCCC. The fourth-order valence-electron chi connectivity index (χ4n) is 6.90. The molecule has 0 radical (unpaired) electrons. The first-order valence-corrected chi connectivity index (χ1v) is 25.3. The van der Waals surface area contributed by atoms with Crippen LogP contribution in [0.4, 0.5) is 0 Å². The lowest BCUT2D eigenvalue weighted by molar-refractivity contribution is -0.167. The Hall–Kier alpha value is -2.89. The molecule has 346 valence electrons. The summed E-state index contributed by atoms with van der Waals surface area (Å²) < 4.78 is 16.7. The summed E-state index contributed by atoms with van der Waals surface area (Å²) in [5.74, 6) is -0.914. The van der Waals surface area contributed by atoms with Crippen LogP contribution in [0.2, 0.25) is 0 Å². The molecule has 0 aromatic heterocycles. The Labute approximate surface area is 370 Å². The Bertz CT molecular complexity index is 1100. The molecule has 0 saturated heterocycles. The molecule has 0 bridgehead atoms. The number of rotatable bonds is 45. The molecular weight excluding hydrogens is 745 g/mol. The third-order valence-corrected chi connectivity index (χ3v) is 10.7. The van der Waals surface area contributed by atoms with Crippen LogP contribution < -0.4 is 0 Å². The summed E-state index contributed by atoms with van der Waals surface area (Å²) in [6.07, 6.45) is 59.4. The van der Waals surface area contributed by atoms with Crippen LogP contribution in [-0.4, -0.2) is 37.2 Å². The lowest BCUT2D eigenvalue weighted by atomic mass is 10.1. The van der Waals surface area contributed by atoms with E-state index >= 15 is 0 Å². The zero-order valence-electron chi connectivity index (χ0n) is 39.5. The van der Waals surface area contributed by atoms with E-state index in [1.54, 1.807) is 0 Å². The summed E-state index contributed by atoms with van der Waals surface area (Å²) in [4.78, 5) is 37.7. The second kappa shape index (κ2) is 48.8. The molecule has 0 N–H and O–H groups in total. The fourth-order valence-corrected chi connectivity index (χ4v) is 6.90. The average Bonchev–Trinajstić information content (AvgIpc) is 3.24. The molecule has 60 heavy (non-hydrogen) atoms. The van der Waals surface area contributed by atoms with Crippen LogP contribution in [0.15, 0.2) is 60.8 Å². The van der Waals surface area contributed by atoms with Gasteiger partial charge in [0, 0.05) is 19.3 Å². The molecule has 1 atom stereocenters. The van der Waals surface area contributed by atoms with Crippen molar-refractivity contribution in [3.63, 3.8) is 0 Å². The molecule has 6 heteroatoms. The number of unbranched alkanes of at least 4 members (excludes halogenated alkanes) is 24. The van der Waals surface area contributed by atoms with E-state index < -0.39 is 6.10 Å². The van der Waals surface area contributed by atoms with Crippen molar-refractivity contribution in [2.45, 2.75) is 252 Å². The second-order valence-electron chi connectivity index (χ2n) is 16.7. The van der Waals surface area contributed by atoms with Gasteiger partial charge < -0.3 is 14.2 Å². The van der Waals surface area contributed by atoms with Crippen molar-refractivity contribution in [1.82, 2.24) is 0 Å². The molecule has 0 aliphatic carbocycles. The molecule has 0 aromatic carbocycles. The van der Waals surface area contributed by atoms with Crippen molar-refractivity contribution in [2.24, 2.45) is 0 Å². The summed E-state index contributed by atoms with van der Waals surface area (Å²) in [5.41, 5.74) is 0. The molecule has 0 spiro atoms. The first kappa shape index (κ1) is 57.1. The molecule has 0 aliphatic heterocycles. The van der Waals surface area contributed by atoms with Crippen LogP contribution in [0.5, 0.6) is 0 Å². The Kier molecular flexibility index (Phi) is 46.4. The van der Waals surface area contributed by atoms with Gasteiger partial charge in [-0.2, -0.15) is 0 Å². The second-order valence-corrected chi connectivity index (χ2v) is 16.7. The maximum Gasteiger partial charge on any atom is 0.306 e. The smallest absolute Gasteiger partial charge is 0.306 e. The number of hydrogen-bond donors (Lipinski definition) is 0. The van der Waals surface area contributed by atoms with Gasteiger partial charge in [-0.05, 0) is 83.5 Å². The highest BCUT2D eigenvalue weighted by Gasteiger charge is 2.19. The van der Waals surface area contributed by atoms with Crippen LogP contribution >= 0.6 is 0 Å². The topological polar surface area (TPSA) is 78.9 Å². The highest BCUT2D eigenvalue weighted by atomic mass is 16.6. The molecule has 0 fully saturated rings. The third kappa shape index (κ3) is 46.2. The first-order chi connectivity index (χ1) is 29.5. The van der Waals surface area contributed by atoms with E-state index in [0.717, 1.165) is 109 Å². The van der Waals surface area contributed by atoms with Gasteiger partial charge in [0.15, 0.2) is 6.10 Å². The lowest BCUT2D eigenvalue weighted by Crippen LogP contribution is -2.30. The number of ether oxygens (including phenoxy) is 3. The predicted octanol–water partition coefficient (Wildman–Crippen LogP) is 16.5. The summed E-state index contributed by atoms with van der Waals surface area (Å²) in [5, 5.41) is 0. The molecule has 1 unspecified atom stereocenters. The molecule has 6 nitrogen and oxygen atoms in total. The fraction of sp³-hybridized carbons (Fsp3) is 0.759. The third-order valence-electron chi connectivity index (χ3n) is 10.7. The zero-order chi connectivity index (χ0) is 43.7. The van der Waals surface area contributed by atoms with E-state index in [1.807, 2.05) is 0 Å². The standard InChI is InChI=1S/C54H94O6/c1-4-7-10-13-16-18-20-22-23-24-25-26-27-28-29-30-31-33-34-36-38-41-44-47-53(56)59-50-51(49-58-52(55)46-43-40-15-12-9-6-3)60-54(57)48-45-42-39-37-35-32-21-19-17-14-11-8-5-2/h11,14,19-22,24-25,27-28,51H,4-10,12-13,15-18,23,26,29-50H2,1-3H3/b14-11-,21-19-,22-20-,25-24-,28-27-. The summed E-state index contributed by atoms with van der Waals surface area (Å²) >= 11 is 0. The van der Waals surface area contributed by atoms with Gasteiger partial charge in [0.2, 0.25) is 0 Å². The van der Waals surface area contributed by atoms with Gasteiger partial charge in [-0.15, -0.1) is 0 Å². The minimum atomic E-state index is -0.780. The lowest BCUT2D eigenvalue weighted by Gasteiger charge is -2.18. The van der Waals surface area contributed by atoms with Gasteiger partial charge >= 0.3 is 17.9 Å². The minimum absolute atomic E-state index is 0.0827. The molecule has 0 saturated carbocycles. The van der Waals surface area contributed by atoms with Gasteiger partial charge in [-0.25, -0.2) is 0 Å². The Morgan fingerprint density at radius 2 is 0.633 bits per heavy atom. The van der Waals surface area contributed by atoms with Gasteiger partial charge in [0.05, 0.1) is 0 Å². The minimum Gasteiger partial charge on any atom is -0.462 e. The maximum atomic E-state index is 12.7. The highest BCUT2D eigenvalue weighted by Crippen LogP contribution is 2.14. The first-order valence-electron chi connectivity index (χ1n) is 25.3. The predicted molar refractivity (Wildman–Crippen MR) is 256 cm³/mol. The number of esters is 3. The van der Waals surface area contributed by atoms with Crippen molar-refractivity contribution in [3.8, 4) is 0 Å². The van der Waals surface area contributed by atoms with E-state index in [4.69, 9.17) is 14.2 Å². The summed E-state index contributed by atoms with van der Waals surface area (Å²) in [6, 6.07) is 0. The van der Waals surface area contributed by atoms with Crippen LogP contribution in [0.3, 0.4) is 0 Å². The normalized spacial score (nSPS) is 12.5. The number of hydrogen-bond acceptors (Lipinski definition) is 6. The molecule has 0 aromatic rings. The van der Waals surface area contributed by atoms with Crippen molar-refractivity contribution in [2.75, 3.05) is 13.2 Å². The van der Waals surface area contributed by atoms with Crippen molar-refractivity contribution in [1.29, 1.82) is 0 Å². The molecule has 0 aliphatic rings. The zero-order valence-corrected chi connectivity index (χ0v) is 39.5. The van der Waals surface area contributed by atoms with Crippen LogP contribution in [0, 0.1) is 0 Å². The van der Waals surface area contributed by atoms with Crippen molar-refractivity contribution < 1.29 is 28.6 Å². The number of carbonyl (C=O) groups is 3. The van der Waals surface area contributed by atoms with Gasteiger partial charge in [-0.3, -0.25) is 14.4 Å². The van der Waals surface area contributed by atoms with Crippen LogP contribution in [0.25, 0.3) is 0 Å². The number of carbonyl (C=O) groups excluding carboxylic acids is 3. The van der Waals surface area contributed by atoms with Gasteiger partial charge in [0.25, 0.3) is 0 Å². The Morgan fingerprint density at radius 1 is 0.333 bits per heavy atom. The molecule has 0 heterocycles. The summed E-state index contributed by atoms with van der Waals surface area (Å²) in [7, 11) is 0. The van der Waals surface area contributed by atoms with E-state index in [0.29, 0.717) is 19.3 Å². The van der Waals surface area contributed by atoms with Gasteiger partial charge in [0.1, 0.15) is 13.2 Å². The Morgan fingerprint density at radius 3 is 1.00 bits per heavy atom. The Balaban J connectivity index is 4.19. The van der Waals surface area contributed by atoms with E-state index in [2.05, 4.69) is 81.5 Å². The average molecular weight is 839 g/mol. The van der Waals surface area contributed by atoms with Gasteiger partial charge in [-0.1, -0.05) is 204 Å². The van der Waals surface area contributed by atoms with Crippen molar-refractivity contribution in [3.05, 3.63) is 60.8 Å². The van der Waals surface area contributed by atoms with E-state index in [1.165, 1.54) is 96.3 Å². The largest absolute Gasteiger partial charge is 0.462 e. The maximum absolute atomic E-state index is 12.7. The van der Waals surface area contributed by atoms with Crippen LogP contribution in [-0.2, 0) is 28.6 Å². The summed E-state index contributed by atoms with van der Waals surface area (Å²) in [6.45, 7) is 6.48.